The van der Waals surface area contributed by atoms with Crippen molar-refractivity contribution in [2.45, 2.75) is 32.5 Å². The molecule has 6 heteroatoms. The van der Waals surface area contributed by atoms with Crippen LogP contribution in [0.2, 0.25) is 0 Å². The highest BCUT2D eigenvalue weighted by Gasteiger charge is 2.23. The molecule has 1 aliphatic heterocycles. The number of ether oxygens (including phenoxy) is 2. The molecular weight excluding hydrogens is 284 g/mol. The van der Waals surface area contributed by atoms with Gasteiger partial charge in [-0.2, -0.15) is 0 Å². The number of benzene rings is 1. The quantitative estimate of drug-likeness (QED) is 0.896. The van der Waals surface area contributed by atoms with E-state index < -0.39 is 11.7 Å². The molecule has 122 valence electrons. The van der Waals surface area contributed by atoms with Crippen LogP contribution in [0.15, 0.2) is 24.3 Å². The topological polar surface area (TPSA) is 71.0 Å². The Balaban J connectivity index is 2.11. The lowest BCUT2D eigenvalue weighted by Crippen LogP contribution is -2.44. The molecule has 0 saturated carbocycles. The van der Waals surface area contributed by atoms with Crippen molar-refractivity contribution in [3.05, 3.63) is 24.3 Å². The van der Waals surface area contributed by atoms with E-state index in [4.69, 9.17) is 9.47 Å². The summed E-state index contributed by atoms with van der Waals surface area (Å²) in [6, 6.07) is 7.55. The van der Waals surface area contributed by atoms with Gasteiger partial charge in [-0.15, -0.1) is 0 Å². The molecule has 1 saturated heterocycles. The fourth-order valence-electron chi connectivity index (χ4n) is 2.32. The summed E-state index contributed by atoms with van der Waals surface area (Å²) in [6.07, 6.45) is -0.685. The van der Waals surface area contributed by atoms with Crippen molar-refractivity contribution in [1.29, 1.82) is 0 Å². The summed E-state index contributed by atoms with van der Waals surface area (Å²) in [5.74, 6) is 0. The Labute approximate surface area is 131 Å². The molecular formula is C16H24N2O4. The summed E-state index contributed by atoms with van der Waals surface area (Å²) in [5, 5.41) is 12.0. The molecule has 1 aliphatic rings. The van der Waals surface area contributed by atoms with E-state index in [1.54, 1.807) is 0 Å². The predicted molar refractivity (Wildman–Crippen MR) is 85.3 cm³/mol. The van der Waals surface area contributed by atoms with Gasteiger partial charge in [0, 0.05) is 13.1 Å². The van der Waals surface area contributed by atoms with E-state index >= 15 is 0 Å². The Hall–Kier alpha value is -1.79. The standard InChI is InChI=1S/C16H24N2O4/c1-16(2,3)22-15(20)17-13-6-4-5-7-14(13)18-8-9-21-12(10-18)11-19/h4-7,12,19H,8-11H2,1-3H3,(H,17,20)/t12-/m0/s1. The second kappa shape index (κ2) is 6.98. The second-order valence-electron chi connectivity index (χ2n) is 6.27. The highest BCUT2D eigenvalue weighted by atomic mass is 16.6. The molecule has 1 amide bonds. The second-order valence-corrected chi connectivity index (χ2v) is 6.27. The summed E-state index contributed by atoms with van der Waals surface area (Å²) in [6.45, 7) is 7.31. The molecule has 2 N–H and O–H groups in total. The van der Waals surface area contributed by atoms with Gasteiger partial charge in [-0.25, -0.2) is 4.79 Å². The summed E-state index contributed by atoms with van der Waals surface area (Å²) in [5.41, 5.74) is 1.05. The van der Waals surface area contributed by atoms with Gasteiger partial charge in [0.25, 0.3) is 0 Å². The van der Waals surface area contributed by atoms with E-state index in [1.807, 2.05) is 45.0 Å². The number of carbonyl (C=O) groups is 1. The molecule has 2 rings (SSSR count). The van der Waals surface area contributed by atoms with Gasteiger partial charge < -0.3 is 19.5 Å². The third-order valence-corrected chi connectivity index (χ3v) is 3.22. The number of rotatable bonds is 3. The first kappa shape index (κ1) is 16.6. The van der Waals surface area contributed by atoms with E-state index in [0.717, 1.165) is 5.69 Å². The molecule has 1 atom stereocenters. The highest BCUT2D eigenvalue weighted by molar-refractivity contribution is 5.90. The number of carbonyl (C=O) groups excluding carboxylic acids is 1. The highest BCUT2D eigenvalue weighted by Crippen LogP contribution is 2.27. The Morgan fingerprint density at radius 2 is 2.18 bits per heavy atom. The Bertz CT molecular complexity index is 513. The average Bonchev–Trinajstić information content (AvgIpc) is 2.46. The number of hydrogen-bond donors (Lipinski definition) is 2. The molecule has 1 aromatic rings. The van der Waals surface area contributed by atoms with E-state index in [0.29, 0.717) is 25.4 Å². The van der Waals surface area contributed by atoms with Gasteiger partial charge in [0.1, 0.15) is 5.60 Å². The molecule has 6 nitrogen and oxygen atoms in total. The molecule has 0 unspecified atom stereocenters. The SMILES string of the molecule is CC(C)(C)OC(=O)Nc1ccccc1N1CCO[C@H](CO)C1. The summed E-state index contributed by atoms with van der Waals surface area (Å²) < 4.78 is 10.8. The Kier molecular flexibility index (Phi) is 5.26. The number of nitrogens with zero attached hydrogens (tertiary/aromatic N) is 1. The van der Waals surface area contributed by atoms with Crippen molar-refractivity contribution in [1.82, 2.24) is 0 Å². The van der Waals surface area contributed by atoms with Crippen molar-refractivity contribution in [3.63, 3.8) is 0 Å². The fraction of sp³-hybridized carbons (Fsp3) is 0.562. The van der Waals surface area contributed by atoms with Gasteiger partial charge in [-0.1, -0.05) is 12.1 Å². The predicted octanol–water partition coefficient (Wildman–Crippen LogP) is 2.23. The van der Waals surface area contributed by atoms with Crippen LogP contribution in [0.3, 0.4) is 0 Å². The van der Waals surface area contributed by atoms with Crippen molar-refractivity contribution in [2.24, 2.45) is 0 Å². The first-order chi connectivity index (χ1) is 10.4. The lowest BCUT2D eigenvalue weighted by atomic mass is 10.2. The van der Waals surface area contributed by atoms with Crippen LogP contribution in [0.1, 0.15) is 20.8 Å². The minimum Gasteiger partial charge on any atom is -0.444 e. The molecule has 0 aromatic heterocycles. The first-order valence-electron chi connectivity index (χ1n) is 7.45. The van der Waals surface area contributed by atoms with Crippen LogP contribution >= 0.6 is 0 Å². The Morgan fingerprint density at radius 1 is 1.45 bits per heavy atom. The molecule has 1 aromatic carbocycles. The zero-order valence-electron chi connectivity index (χ0n) is 13.3. The van der Waals surface area contributed by atoms with Crippen LogP contribution in [0.5, 0.6) is 0 Å². The smallest absolute Gasteiger partial charge is 0.412 e. The van der Waals surface area contributed by atoms with E-state index in [2.05, 4.69) is 10.2 Å². The maximum atomic E-state index is 12.0. The summed E-state index contributed by atoms with van der Waals surface area (Å²) in [7, 11) is 0. The third kappa shape index (κ3) is 4.61. The zero-order valence-corrected chi connectivity index (χ0v) is 13.3. The summed E-state index contributed by atoms with van der Waals surface area (Å²) in [4.78, 5) is 14.1. The van der Waals surface area contributed by atoms with E-state index in [1.165, 1.54) is 0 Å². The monoisotopic (exact) mass is 308 g/mol. The molecule has 22 heavy (non-hydrogen) atoms. The maximum Gasteiger partial charge on any atom is 0.412 e. The zero-order chi connectivity index (χ0) is 16.2. The van der Waals surface area contributed by atoms with Crippen LogP contribution in [-0.2, 0) is 9.47 Å². The van der Waals surface area contributed by atoms with E-state index in [9.17, 15) is 9.90 Å². The number of nitrogens with one attached hydrogen (secondary N) is 1. The van der Waals surface area contributed by atoms with E-state index in [-0.39, 0.29) is 12.7 Å². The third-order valence-electron chi connectivity index (χ3n) is 3.22. The van der Waals surface area contributed by atoms with Crippen molar-refractivity contribution in [2.75, 3.05) is 36.5 Å². The maximum absolute atomic E-state index is 12.0. The minimum atomic E-state index is -0.542. The summed E-state index contributed by atoms with van der Waals surface area (Å²) >= 11 is 0. The van der Waals surface area contributed by atoms with Crippen LogP contribution < -0.4 is 10.2 Å². The number of anilines is 2. The number of para-hydroxylation sites is 2. The van der Waals surface area contributed by atoms with Crippen molar-refractivity contribution < 1.29 is 19.4 Å². The van der Waals surface area contributed by atoms with Crippen molar-refractivity contribution >= 4 is 17.5 Å². The number of aliphatic hydroxyl groups is 1. The van der Waals surface area contributed by atoms with Crippen molar-refractivity contribution in [3.8, 4) is 0 Å². The van der Waals surface area contributed by atoms with Crippen LogP contribution in [0.25, 0.3) is 0 Å². The minimum absolute atomic E-state index is 0.0157. The lowest BCUT2D eigenvalue weighted by Gasteiger charge is -2.34. The lowest BCUT2D eigenvalue weighted by molar-refractivity contribution is 0.00360. The van der Waals surface area contributed by atoms with Gasteiger partial charge in [0.2, 0.25) is 0 Å². The number of aliphatic hydroxyl groups excluding tert-OH is 1. The first-order valence-corrected chi connectivity index (χ1v) is 7.45. The molecule has 0 bridgehead atoms. The molecule has 0 spiro atoms. The Morgan fingerprint density at radius 3 is 2.86 bits per heavy atom. The molecule has 0 radical (unpaired) electrons. The van der Waals surface area contributed by atoms with Gasteiger partial charge in [-0.3, -0.25) is 5.32 Å². The normalized spacial score (nSPS) is 18.9. The van der Waals surface area contributed by atoms with Crippen LogP contribution in [-0.4, -0.2) is 49.2 Å². The molecule has 1 heterocycles. The molecule has 1 fully saturated rings. The fourth-order valence-corrected chi connectivity index (χ4v) is 2.32. The number of hydrogen-bond acceptors (Lipinski definition) is 5. The average molecular weight is 308 g/mol. The van der Waals surface area contributed by atoms with Crippen LogP contribution in [0, 0.1) is 0 Å². The van der Waals surface area contributed by atoms with Gasteiger partial charge in [-0.05, 0) is 32.9 Å². The number of amides is 1. The van der Waals surface area contributed by atoms with Gasteiger partial charge >= 0.3 is 6.09 Å². The van der Waals surface area contributed by atoms with Gasteiger partial charge in [0.15, 0.2) is 0 Å². The van der Waals surface area contributed by atoms with Crippen LogP contribution in [0.4, 0.5) is 16.2 Å². The molecule has 0 aliphatic carbocycles. The largest absolute Gasteiger partial charge is 0.444 e. The number of morpholine rings is 1. The van der Waals surface area contributed by atoms with Gasteiger partial charge in [0.05, 0.1) is 30.7 Å².